The van der Waals surface area contributed by atoms with E-state index in [2.05, 4.69) is 15.5 Å². The van der Waals surface area contributed by atoms with Crippen LogP contribution in [0.4, 0.5) is 4.79 Å². The summed E-state index contributed by atoms with van der Waals surface area (Å²) in [6.45, 7) is 3.61. The van der Waals surface area contributed by atoms with Crippen molar-refractivity contribution in [3.8, 4) is 11.5 Å². The molecule has 2 rings (SSSR count). The predicted molar refractivity (Wildman–Crippen MR) is 99.5 cm³/mol. The molecule has 1 aliphatic rings. The summed E-state index contributed by atoms with van der Waals surface area (Å²) in [4.78, 5) is 26.0. The van der Waals surface area contributed by atoms with Gasteiger partial charge in [0.2, 0.25) is 5.91 Å². The minimum atomic E-state index is -0.429. The Morgan fingerprint density at radius 2 is 2.08 bits per heavy atom. The minimum Gasteiger partial charge on any atom is -0.497 e. The number of likely N-dealkylation sites (tertiary alicyclic amines) is 1. The first-order valence-corrected chi connectivity index (χ1v) is 9.12. The molecular formula is C19H29N3O4. The van der Waals surface area contributed by atoms with Crippen molar-refractivity contribution in [2.45, 2.75) is 38.6 Å². The molecule has 26 heavy (non-hydrogen) atoms. The lowest BCUT2D eigenvalue weighted by molar-refractivity contribution is -0.121. The van der Waals surface area contributed by atoms with E-state index in [1.54, 1.807) is 14.2 Å². The number of hydrogen-bond acceptors (Lipinski definition) is 5. The van der Waals surface area contributed by atoms with Crippen LogP contribution in [0, 0.1) is 0 Å². The van der Waals surface area contributed by atoms with Gasteiger partial charge >= 0.3 is 6.03 Å². The van der Waals surface area contributed by atoms with E-state index in [9.17, 15) is 9.59 Å². The minimum absolute atomic E-state index is 0.0877. The van der Waals surface area contributed by atoms with Gasteiger partial charge in [-0.2, -0.15) is 0 Å². The quantitative estimate of drug-likeness (QED) is 0.694. The Labute approximate surface area is 155 Å². The van der Waals surface area contributed by atoms with Crippen LogP contribution in [-0.4, -0.2) is 50.7 Å². The molecular weight excluding hydrogens is 334 g/mol. The summed E-state index contributed by atoms with van der Waals surface area (Å²) >= 11 is 0. The fourth-order valence-electron chi connectivity index (χ4n) is 3.23. The number of carbonyl (C=O) groups excluding carboxylic acids is 2. The first-order valence-electron chi connectivity index (χ1n) is 9.12. The normalized spacial score (nSPS) is 17.0. The predicted octanol–water partition coefficient (Wildman–Crippen LogP) is 2.47. The Morgan fingerprint density at radius 3 is 2.77 bits per heavy atom. The number of benzene rings is 1. The Kier molecular flexibility index (Phi) is 7.72. The van der Waals surface area contributed by atoms with E-state index in [1.807, 2.05) is 25.1 Å². The van der Waals surface area contributed by atoms with Gasteiger partial charge in [-0.3, -0.25) is 15.0 Å². The van der Waals surface area contributed by atoms with Gasteiger partial charge in [-0.15, -0.1) is 0 Å². The molecule has 0 bridgehead atoms. The van der Waals surface area contributed by atoms with Crippen LogP contribution in [0.3, 0.4) is 0 Å². The Bertz CT molecular complexity index is 621. The summed E-state index contributed by atoms with van der Waals surface area (Å²) in [5, 5.41) is 5.09. The smallest absolute Gasteiger partial charge is 0.321 e. The first-order chi connectivity index (χ1) is 12.6. The van der Waals surface area contributed by atoms with Gasteiger partial charge in [-0.25, -0.2) is 4.79 Å². The van der Waals surface area contributed by atoms with Crippen molar-refractivity contribution in [2.75, 3.05) is 33.9 Å². The van der Waals surface area contributed by atoms with Crippen LogP contribution in [0.25, 0.3) is 0 Å². The zero-order valence-electron chi connectivity index (χ0n) is 15.8. The molecule has 0 aromatic heterocycles. The third-order valence-corrected chi connectivity index (χ3v) is 4.58. The highest BCUT2D eigenvalue weighted by molar-refractivity contribution is 5.95. The molecule has 1 fully saturated rings. The number of methoxy groups -OCH3 is 2. The summed E-state index contributed by atoms with van der Waals surface area (Å²) < 4.78 is 10.7. The largest absolute Gasteiger partial charge is 0.497 e. The van der Waals surface area contributed by atoms with E-state index in [-0.39, 0.29) is 18.5 Å². The Morgan fingerprint density at radius 1 is 1.27 bits per heavy atom. The number of nitrogens with one attached hydrogen (secondary N) is 2. The average molecular weight is 363 g/mol. The lowest BCUT2D eigenvalue weighted by Crippen LogP contribution is -2.44. The molecule has 1 aliphatic heterocycles. The van der Waals surface area contributed by atoms with Crippen molar-refractivity contribution in [2.24, 2.45) is 0 Å². The van der Waals surface area contributed by atoms with E-state index in [4.69, 9.17) is 9.47 Å². The van der Waals surface area contributed by atoms with Crippen molar-refractivity contribution < 1.29 is 19.1 Å². The van der Waals surface area contributed by atoms with Gasteiger partial charge in [0.05, 0.1) is 20.8 Å². The fourth-order valence-corrected chi connectivity index (χ4v) is 3.23. The zero-order chi connectivity index (χ0) is 18.9. The molecule has 0 saturated carbocycles. The monoisotopic (exact) mass is 363 g/mol. The number of hydrogen-bond donors (Lipinski definition) is 2. The van der Waals surface area contributed by atoms with Crippen LogP contribution < -0.4 is 20.1 Å². The van der Waals surface area contributed by atoms with Gasteiger partial charge in [0.1, 0.15) is 11.5 Å². The summed E-state index contributed by atoms with van der Waals surface area (Å²) in [6.07, 6.45) is 3.83. The Hall–Kier alpha value is -2.28. The number of ether oxygens (including phenoxy) is 2. The van der Waals surface area contributed by atoms with Crippen molar-refractivity contribution in [3.05, 3.63) is 23.8 Å². The third kappa shape index (κ3) is 5.36. The van der Waals surface area contributed by atoms with Crippen LogP contribution in [-0.2, 0) is 4.79 Å². The maximum atomic E-state index is 12.2. The van der Waals surface area contributed by atoms with Gasteiger partial charge in [0.15, 0.2) is 0 Å². The molecule has 1 atom stereocenters. The maximum Gasteiger partial charge on any atom is 0.321 e. The van der Waals surface area contributed by atoms with Gasteiger partial charge < -0.3 is 14.8 Å². The molecule has 144 valence electrons. The average Bonchev–Trinajstić information content (AvgIpc) is 3.08. The second-order valence-electron chi connectivity index (χ2n) is 6.39. The molecule has 0 aliphatic carbocycles. The van der Waals surface area contributed by atoms with E-state index < -0.39 is 6.03 Å². The molecule has 2 N–H and O–H groups in total. The fraction of sp³-hybridized carbons (Fsp3) is 0.579. The molecule has 7 nitrogen and oxygen atoms in total. The molecule has 7 heteroatoms. The van der Waals surface area contributed by atoms with Gasteiger partial charge in [-0.1, -0.05) is 19.4 Å². The molecule has 0 unspecified atom stereocenters. The lowest BCUT2D eigenvalue weighted by atomic mass is 10.0. The van der Waals surface area contributed by atoms with Gasteiger partial charge in [0.25, 0.3) is 0 Å². The number of urea groups is 1. The topological polar surface area (TPSA) is 79.9 Å². The van der Waals surface area contributed by atoms with Crippen LogP contribution in [0.1, 0.15) is 44.2 Å². The number of rotatable bonds is 8. The lowest BCUT2D eigenvalue weighted by Gasteiger charge is -2.25. The van der Waals surface area contributed by atoms with Crippen LogP contribution in [0.15, 0.2) is 18.2 Å². The second-order valence-corrected chi connectivity index (χ2v) is 6.39. The summed E-state index contributed by atoms with van der Waals surface area (Å²) in [5.74, 6) is 1.19. The van der Waals surface area contributed by atoms with E-state index >= 15 is 0 Å². The highest BCUT2D eigenvalue weighted by Gasteiger charge is 2.30. The van der Waals surface area contributed by atoms with E-state index in [1.165, 1.54) is 0 Å². The Balaban J connectivity index is 1.97. The third-order valence-electron chi connectivity index (χ3n) is 4.58. The van der Waals surface area contributed by atoms with Crippen molar-refractivity contribution in [3.63, 3.8) is 0 Å². The van der Waals surface area contributed by atoms with Gasteiger partial charge in [-0.05, 0) is 31.9 Å². The maximum absolute atomic E-state index is 12.2. The second kappa shape index (κ2) is 10.0. The van der Waals surface area contributed by atoms with Crippen LogP contribution in [0.5, 0.6) is 11.5 Å². The van der Waals surface area contributed by atoms with Crippen molar-refractivity contribution in [1.29, 1.82) is 0 Å². The highest BCUT2D eigenvalue weighted by atomic mass is 16.5. The summed E-state index contributed by atoms with van der Waals surface area (Å²) in [7, 11) is 3.25. The number of unbranched alkanes of at least 4 members (excludes halogenated alkanes) is 1. The SMILES string of the molecule is CCCCNC(=O)NC(=O)CN1CCC[C@@H]1c1ccc(OC)cc1OC. The molecule has 1 aromatic carbocycles. The van der Waals surface area contributed by atoms with Crippen LogP contribution in [0.2, 0.25) is 0 Å². The molecule has 3 amide bonds. The van der Waals surface area contributed by atoms with E-state index in [0.717, 1.165) is 49.3 Å². The van der Waals surface area contributed by atoms with Crippen molar-refractivity contribution in [1.82, 2.24) is 15.5 Å². The standard InChI is InChI=1S/C19H29N3O4/c1-4-5-10-20-19(24)21-18(23)13-22-11-6-7-16(22)15-9-8-14(25-2)12-17(15)26-3/h8-9,12,16H,4-7,10-11,13H2,1-3H3,(H2,20,21,23,24)/t16-/m1/s1. The van der Waals surface area contributed by atoms with Crippen molar-refractivity contribution >= 4 is 11.9 Å². The van der Waals surface area contributed by atoms with Crippen LogP contribution >= 0.6 is 0 Å². The number of imide groups is 1. The number of nitrogens with zero attached hydrogens (tertiary/aromatic N) is 1. The van der Waals surface area contributed by atoms with Gasteiger partial charge in [0, 0.05) is 24.2 Å². The molecule has 0 radical (unpaired) electrons. The first kappa shape index (κ1) is 20.0. The molecule has 1 aromatic rings. The number of carbonyl (C=O) groups is 2. The molecule has 1 heterocycles. The zero-order valence-corrected chi connectivity index (χ0v) is 15.8. The van der Waals surface area contributed by atoms with E-state index in [0.29, 0.717) is 6.54 Å². The summed E-state index contributed by atoms with van der Waals surface area (Å²) in [5.41, 5.74) is 1.03. The summed E-state index contributed by atoms with van der Waals surface area (Å²) in [6, 6.07) is 5.39. The molecule has 0 spiro atoms. The number of amides is 3. The highest BCUT2D eigenvalue weighted by Crippen LogP contribution is 2.38. The molecule has 1 saturated heterocycles.